The molecule has 2 aromatic rings. The average Bonchev–Trinajstić information content (AvgIpc) is 2.71. The molecule has 2 rings (SSSR count). The third-order valence-electron chi connectivity index (χ3n) is 2.28. The maximum Gasteiger partial charge on any atom is 0.157 e. The molecule has 0 fully saturated rings. The summed E-state index contributed by atoms with van der Waals surface area (Å²) in [5, 5.41) is 11.1. The summed E-state index contributed by atoms with van der Waals surface area (Å²) in [5.74, 6) is 1.42. The number of rotatable bonds is 4. The van der Waals surface area contributed by atoms with Gasteiger partial charge in [0.05, 0.1) is 0 Å². The minimum Gasteiger partial charge on any atom is -0.393 e. The molecule has 0 saturated carbocycles. The second-order valence-electron chi connectivity index (χ2n) is 3.46. The molecule has 2 heterocycles. The van der Waals surface area contributed by atoms with Crippen molar-refractivity contribution in [2.24, 2.45) is 7.05 Å². The first-order chi connectivity index (χ1) is 8.18. The number of aryl methyl sites for hydroxylation is 1. The molecule has 0 unspecified atom stereocenters. The highest BCUT2D eigenvalue weighted by Crippen LogP contribution is 2.21. The van der Waals surface area contributed by atoms with Gasteiger partial charge in [-0.2, -0.15) is 0 Å². The zero-order valence-corrected chi connectivity index (χ0v) is 10.0. The lowest BCUT2D eigenvalue weighted by atomic mass is 10.4. The number of nitrogens with zero attached hydrogens (tertiary/aromatic N) is 5. The molecule has 0 aromatic carbocycles. The Morgan fingerprint density at radius 2 is 2.29 bits per heavy atom. The number of aromatic nitrogens is 5. The van der Waals surface area contributed by atoms with Crippen molar-refractivity contribution in [3.8, 4) is 0 Å². The Balaban J connectivity index is 1.95. The zero-order valence-electron chi connectivity index (χ0n) is 9.26. The number of anilines is 2. The Kier molecular flexibility index (Phi) is 3.38. The van der Waals surface area contributed by atoms with Gasteiger partial charge in [-0.1, -0.05) is 11.6 Å². The third kappa shape index (κ3) is 2.62. The van der Waals surface area contributed by atoms with E-state index in [0.717, 1.165) is 12.2 Å². The smallest absolute Gasteiger partial charge is 0.157 e. The standard InChI is InChI=1S/C9H12ClN7/c1-17-5-15-16-6(17)2-3-12-9-7(11)8(10)13-4-14-9/h4-5H,2-3,11H2,1H3,(H,12,13,14). The number of nitrogen functional groups attached to an aromatic ring is 1. The van der Waals surface area contributed by atoms with Crippen LogP contribution >= 0.6 is 11.6 Å². The maximum atomic E-state index is 5.77. The number of hydrogen-bond acceptors (Lipinski definition) is 6. The van der Waals surface area contributed by atoms with E-state index in [1.807, 2.05) is 11.6 Å². The van der Waals surface area contributed by atoms with Gasteiger partial charge in [-0.05, 0) is 0 Å². The first-order valence-electron chi connectivity index (χ1n) is 5.01. The van der Waals surface area contributed by atoms with Crippen LogP contribution in [-0.4, -0.2) is 31.3 Å². The van der Waals surface area contributed by atoms with Gasteiger partial charge in [-0.3, -0.25) is 0 Å². The summed E-state index contributed by atoms with van der Waals surface area (Å²) in [4.78, 5) is 7.78. The molecule has 3 N–H and O–H groups in total. The quantitative estimate of drug-likeness (QED) is 0.771. The van der Waals surface area contributed by atoms with Crippen LogP contribution < -0.4 is 11.1 Å². The van der Waals surface area contributed by atoms with Crippen molar-refractivity contribution in [2.75, 3.05) is 17.6 Å². The van der Waals surface area contributed by atoms with E-state index in [0.29, 0.717) is 18.1 Å². The lowest BCUT2D eigenvalue weighted by Crippen LogP contribution is -2.11. The Morgan fingerprint density at radius 3 is 3.00 bits per heavy atom. The average molecular weight is 254 g/mol. The number of nitrogens with two attached hydrogens (primary N) is 1. The van der Waals surface area contributed by atoms with Crippen LogP contribution in [0.2, 0.25) is 5.15 Å². The van der Waals surface area contributed by atoms with E-state index < -0.39 is 0 Å². The molecule has 0 aliphatic heterocycles. The number of hydrogen-bond donors (Lipinski definition) is 2. The largest absolute Gasteiger partial charge is 0.393 e. The van der Waals surface area contributed by atoms with Gasteiger partial charge in [0.1, 0.15) is 24.2 Å². The van der Waals surface area contributed by atoms with E-state index in [1.54, 1.807) is 6.33 Å². The Bertz CT molecular complexity index is 510. The molecule has 0 spiro atoms. The van der Waals surface area contributed by atoms with E-state index in [9.17, 15) is 0 Å². The first kappa shape index (κ1) is 11.6. The van der Waals surface area contributed by atoms with E-state index in [2.05, 4.69) is 25.5 Å². The Hall–Kier alpha value is -1.89. The molecule has 0 atom stereocenters. The van der Waals surface area contributed by atoms with Crippen LogP contribution in [0.15, 0.2) is 12.7 Å². The first-order valence-corrected chi connectivity index (χ1v) is 5.39. The van der Waals surface area contributed by atoms with Crippen molar-refractivity contribution >= 4 is 23.1 Å². The Labute approximate surface area is 103 Å². The van der Waals surface area contributed by atoms with Crippen LogP contribution in [-0.2, 0) is 13.5 Å². The van der Waals surface area contributed by atoms with E-state index in [1.165, 1.54) is 6.33 Å². The molecular weight excluding hydrogens is 242 g/mol. The lowest BCUT2D eigenvalue weighted by molar-refractivity contribution is 0.787. The van der Waals surface area contributed by atoms with Gasteiger partial charge in [0.25, 0.3) is 0 Å². The summed E-state index contributed by atoms with van der Waals surface area (Å²) in [6, 6.07) is 0. The summed E-state index contributed by atoms with van der Waals surface area (Å²) < 4.78 is 1.86. The van der Waals surface area contributed by atoms with Crippen LogP contribution in [0.25, 0.3) is 0 Å². The van der Waals surface area contributed by atoms with Crippen molar-refractivity contribution in [2.45, 2.75) is 6.42 Å². The summed E-state index contributed by atoms with van der Waals surface area (Å²) in [5.41, 5.74) is 6.07. The summed E-state index contributed by atoms with van der Waals surface area (Å²) in [6.07, 6.45) is 3.74. The highest BCUT2D eigenvalue weighted by Gasteiger charge is 2.06. The predicted octanol–water partition coefficient (Wildman–Crippen LogP) is 0.495. The maximum absolute atomic E-state index is 5.77. The minimum atomic E-state index is 0.251. The second-order valence-corrected chi connectivity index (χ2v) is 3.82. The van der Waals surface area contributed by atoms with E-state index in [-0.39, 0.29) is 5.15 Å². The van der Waals surface area contributed by atoms with Crippen LogP contribution in [0.4, 0.5) is 11.5 Å². The van der Waals surface area contributed by atoms with E-state index in [4.69, 9.17) is 17.3 Å². The van der Waals surface area contributed by atoms with Gasteiger partial charge in [-0.25, -0.2) is 9.97 Å². The molecule has 17 heavy (non-hydrogen) atoms. The molecule has 90 valence electrons. The molecule has 0 bridgehead atoms. The van der Waals surface area contributed by atoms with Gasteiger partial charge < -0.3 is 15.6 Å². The van der Waals surface area contributed by atoms with Crippen LogP contribution in [0.3, 0.4) is 0 Å². The molecule has 0 saturated heterocycles. The molecule has 8 heteroatoms. The fourth-order valence-corrected chi connectivity index (χ4v) is 1.47. The predicted molar refractivity (Wildman–Crippen MR) is 64.7 cm³/mol. The normalized spacial score (nSPS) is 10.5. The summed E-state index contributed by atoms with van der Waals surface area (Å²) in [7, 11) is 1.89. The van der Waals surface area contributed by atoms with Crippen LogP contribution in [0, 0.1) is 0 Å². The molecule has 2 aromatic heterocycles. The van der Waals surface area contributed by atoms with Crippen molar-refractivity contribution in [3.63, 3.8) is 0 Å². The number of nitrogens with one attached hydrogen (secondary N) is 1. The molecule has 0 aliphatic carbocycles. The lowest BCUT2D eigenvalue weighted by Gasteiger charge is -2.07. The molecule has 0 aliphatic rings. The monoisotopic (exact) mass is 253 g/mol. The molecule has 7 nitrogen and oxygen atoms in total. The molecule has 0 amide bonds. The summed E-state index contributed by atoms with van der Waals surface area (Å²) in [6.45, 7) is 0.643. The number of halogens is 1. The molecular formula is C9H12ClN7. The Morgan fingerprint density at radius 1 is 1.47 bits per heavy atom. The van der Waals surface area contributed by atoms with Crippen molar-refractivity contribution in [1.29, 1.82) is 0 Å². The topological polar surface area (TPSA) is 94.5 Å². The van der Waals surface area contributed by atoms with Gasteiger partial charge >= 0.3 is 0 Å². The van der Waals surface area contributed by atoms with Gasteiger partial charge in [0, 0.05) is 20.0 Å². The highest BCUT2D eigenvalue weighted by molar-refractivity contribution is 6.32. The van der Waals surface area contributed by atoms with E-state index >= 15 is 0 Å². The van der Waals surface area contributed by atoms with Crippen molar-refractivity contribution in [1.82, 2.24) is 24.7 Å². The van der Waals surface area contributed by atoms with Crippen molar-refractivity contribution in [3.05, 3.63) is 23.6 Å². The van der Waals surface area contributed by atoms with Gasteiger partial charge in [0.2, 0.25) is 0 Å². The SMILES string of the molecule is Cn1cnnc1CCNc1ncnc(Cl)c1N. The third-order valence-corrected chi connectivity index (χ3v) is 2.58. The second kappa shape index (κ2) is 4.96. The van der Waals surface area contributed by atoms with Crippen LogP contribution in [0.1, 0.15) is 5.82 Å². The fourth-order valence-electron chi connectivity index (χ4n) is 1.34. The highest BCUT2D eigenvalue weighted by atomic mass is 35.5. The summed E-state index contributed by atoms with van der Waals surface area (Å²) >= 11 is 5.77. The van der Waals surface area contributed by atoms with Crippen molar-refractivity contribution < 1.29 is 0 Å². The van der Waals surface area contributed by atoms with Gasteiger partial charge in [-0.15, -0.1) is 10.2 Å². The fraction of sp³-hybridized carbons (Fsp3) is 0.333. The zero-order chi connectivity index (χ0) is 12.3. The minimum absolute atomic E-state index is 0.251. The molecule has 0 radical (unpaired) electrons. The van der Waals surface area contributed by atoms with Crippen LogP contribution in [0.5, 0.6) is 0 Å². The van der Waals surface area contributed by atoms with Gasteiger partial charge in [0.15, 0.2) is 11.0 Å².